The minimum absolute atomic E-state index is 0.0157. The van der Waals surface area contributed by atoms with Crippen LogP contribution in [0.1, 0.15) is 114 Å². The number of carboxylic acids is 1. The van der Waals surface area contributed by atoms with Gasteiger partial charge in [0.2, 0.25) is 0 Å². The summed E-state index contributed by atoms with van der Waals surface area (Å²) in [5, 5.41) is 22.5. The van der Waals surface area contributed by atoms with E-state index in [0.717, 1.165) is 24.8 Å². The van der Waals surface area contributed by atoms with E-state index in [2.05, 4.69) is 40.7 Å². The number of hydrogen-bond acceptors (Lipinski definition) is 8. The van der Waals surface area contributed by atoms with Gasteiger partial charge < -0.3 is 24.4 Å². The number of hydrogen-bond donors (Lipinski definition) is 2. The van der Waals surface area contributed by atoms with Crippen LogP contribution >= 0.6 is 0 Å². The second-order valence-corrected chi connectivity index (χ2v) is 16.8. The number of allylic oxidation sites excluding steroid dienone is 1. The standard InChI is InChI=1S/C36H54O9/c1-20(37)43-19-33(7)25-12-13-35(9)26(32(25,6)18-24(44-21(2)38)29(33)45-22(3)39)11-10-23-27-28(40)31(4,5)14-16-36(27,30(41)42)17-15-34(23,35)8/h10,24-29,40H,11-19H2,1-9H3,(H,41,42)/t24-,25-,26-,27+,28+,29+,32+,33+,34-,35-,36+/m1/s1. The highest BCUT2D eigenvalue weighted by Crippen LogP contribution is 2.76. The van der Waals surface area contributed by atoms with Gasteiger partial charge in [0.25, 0.3) is 0 Å². The molecule has 9 nitrogen and oxygen atoms in total. The lowest BCUT2D eigenvalue weighted by Gasteiger charge is -2.72. The normalized spacial score (nSPS) is 46.6. The molecule has 4 saturated carbocycles. The molecule has 9 heteroatoms. The fourth-order valence-corrected chi connectivity index (χ4v) is 11.7. The van der Waals surface area contributed by atoms with Crippen molar-refractivity contribution in [3.05, 3.63) is 11.6 Å². The Balaban J connectivity index is 1.64. The van der Waals surface area contributed by atoms with Crippen molar-refractivity contribution in [3.8, 4) is 0 Å². The maximum Gasteiger partial charge on any atom is 0.310 e. The molecule has 252 valence electrons. The van der Waals surface area contributed by atoms with Gasteiger partial charge in [-0.25, -0.2) is 0 Å². The number of aliphatic hydroxyl groups is 1. The Labute approximate surface area is 267 Å². The highest BCUT2D eigenvalue weighted by atomic mass is 16.6. The summed E-state index contributed by atoms with van der Waals surface area (Å²) in [5.74, 6) is -2.52. The zero-order valence-electron chi connectivity index (χ0n) is 28.7. The Morgan fingerprint density at radius 1 is 0.844 bits per heavy atom. The predicted octanol–water partition coefficient (Wildman–Crippen LogP) is 5.86. The second kappa shape index (κ2) is 10.8. The minimum atomic E-state index is -0.976. The van der Waals surface area contributed by atoms with Crippen molar-refractivity contribution >= 4 is 23.9 Å². The van der Waals surface area contributed by atoms with Gasteiger partial charge in [0.1, 0.15) is 18.8 Å². The Hall–Kier alpha value is -2.42. The molecule has 0 amide bonds. The van der Waals surface area contributed by atoms with Crippen LogP contribution in [0.5, 0.6) is 0 Å². The average molecular weight is 631 g/mol. The van der Waals surface area contributed by atoms with Gasteiger partial charge in [-0.05, 0) is 84.9 Å². The van der Waals surface area contributed by atoms with Crippen molar-refractivity contribution in [1.29, 1.82) is 0 Å². The predicted molar refractivity (Wildman–Crippen MR) is 166 cm³/mol. The van der Waals surface area contributed by atoms with Crippen molar-refractivity contribution in [1.82, 2.24) is 0 Å². The number of fused-ring (bicyclic) bond motifs is 7. The average Bonchev–Trinajstić information content (AvgIpc) is 2.91. The highest BCUT2D eigenvalue weighted by Gasteiger charge is 2.72. The lowest BCUT2D eigenvalue weighted by atomic mass is 9.33. The molecule has 0 radical (unpaired) electrons. The third-order valence-corrected chi connectivity index (χ3v) is 14.2. The fraction of sp³-hybridized carbons (Fsp3) is 0.833. The molecule has 0 aliphatic heterocycles. The van der Waals surface area contributed by atoms with Gasteiger partial charge in [0, 0.05) is 32.1 Å². The third-order valence-electron chi connectivity index (χ3n) is 14.2. The summed E-state index contributed by atoms with van der Waals surface area (Å²) < 4.78 is 17.5. The third kappa shape index (κ3) is 4.79. The van der Waals surface area contributed by atoms with Crippen LogP contribution in [0.4, 0.5) is 0 Å². The van der Waals surface area contributed by atoms with E-state index in [4.69, 9.17) is 14.2 Å². The smallest absolute Gasteiger partial charge is 0.310 e. The summed E-state index contributed by atoms with van der Waals surface area (Å²) in [7, 11) is 0. The van der Waals surface area contributed by atoms with Crippen LogP contribution in [0.15, 0.2) is 11.6 Å². The first-order valence-electron chi connectivity index (χ1n) is 16.8. The van der Waals surface area contributed by atoms with Crippen molar-refractivity contribution in [2.45, 2.75) is 132 Å². The number of aliphatic carboxylic acids is 1. The molecule has 5 rings (SSSR count). The van der Waals surface area contributed by atoms with Crippen LogP contribution in [0.3, 0.4) is 0 Å². The van der Waals surface area contributed by atoms with Crippen molar-refractivity contribution < 1.29 is 43.6 Å². The molecule has 4 fully saturated rings. The molecule has 0 heterocycles. The molecule has 0 aromatic heterocycles. The first-order chi connectivity index (χ1) is 20.7. The Morgan fingerprint density at radius 3 is 2.04 bits per heavy atom. The highest BCUT2D eigenvalue weighted by molar-refractivity contribution is 5.77. The first-order valence-corrected chi connectivity index (χ1v) is 16.8. The number of carbonyl (C=O) groups excluding carboxylic acids is 3. The van der Waals surface area contributed by atoms with Gasteiger partial charge >= 0.3 is 23.9 Å². The van der Waals surface area contributed by atoms with E-state index >= 15 is 0 Å². The summed E-state index contributed by atoms with van der Waals surface area (Å²) in [6.45, 7) is 17.1. The SMILES string of the molecule is CC(=O)OC[C@@]1(C)[C@@H]2CC[C@]3(C)[C@H](CC=C4[C@H]5[C@H](O)C(C)(C)CC[C@]5(C(=O)O)CC[C@]43C)[C@@]2(C)C[C@@H](OC(C)=O)[C@@H]1OC(C)=O. The van der Waals surface area contributed by atoms with E-state index in [0.29, 0.717) is 32.1 Å². The van der Waals surface area contributed by atoms with Gasteiger partial charge in [-0.3, -0.25) is 19.2 Å². The van der Waals surface area contributed by atoms with Gasteiger partial charge in [-0.15, -0.1) is 0 Å². The number of esters is 3. The number of rotatable bonds is 5. The molecule has 5 aliphatic rings. The van der Waals surface area contributed by atoms with Gasteiger partial charge in [0.05, 0.1) is 11.5 Å². The zero-order chi connectivity index (χ0) is 33.5. The van der Waals surface area contributed by atoms with Crippen LogP contribution in [0.2, 0.25) is 0 Å². The van der Waals surface area contributed by atoms with E-state index in [1.165, 1.54) is 20.8 Å². The van der Waals surface area contributed by atoms with Crippen molar-refractivity contribution in [2.24, 2.45) is 50.2 Å². The largest absolute Gasteiger partial charge is 0.481 e. The van der Waals surface area contributed by atoms with E-state index < -0.39 is 69.8 Å². The van der Waals surface area contributed by atoms with E-state index in [1.807, 2.05) is 6.92 Å². The Morgan fingerprint density at radius 2 is 1.47 bits per heavy atom. The van der Waals surface area contributed by atoms with E-state index in [1.54, 1.807) is 0 Å². The summed E-state index contributed by atoms with van der Waals surface area (Å²) in [5.41, 5.74) is -2.07. The molecule has 0 bridgehead atoms. The number of carbonyl (C=O) groups is 4. The van der Waals surface area contributed by atoms with Crippen LogP contribution in [0.25, 0.3) is 0 Å². The summed E-state index contributed by atoms with van der Waals surface area (Å²) in [6, 6.07) is 0. The Kier molecular flexibility index (Phi) is 8.15. The van der Waals surface area contributed by atoms with E-state index in [9.17, 15) is 29.4 Å². The molecule has 5 aliphatic carbocycles. The lowest BCUT2D eigenvalue weighted by Crippen LogP contribution is -2.69. The van der Waals surface area contributed by atoms with Crippen molar-refractivity contribution in [3.63, 3.8) is 0 Å². The topological polar surface area (TPSA) is 136 Å². The van der Waals surface area contributed by atoms with Crippen LogP contribution in [-0.4, -0.2) is 59.0 Å². The van der Waals surface area contributed by atoms with Gasteiger partial charge in [-0.1, -0.05) is 53.2 Å². The molecule has 0 unspecified atom stereocenters. The molecular formula is C36H54O9. The molecule has 0 aromatic rings. The van der Waals surface area contributed by atoms with Crippen LogP contribution in [-0.2, 0) is 33.4 Å². The monoisotopic (exact) mass is 630 g/mol. The molecule has 11 atom stereocenters. The maximum atomic E-state index is 13.0. The zero-order valence-corrected chi connectivity index (χ0v) is 28.7. The maximum absolute atomic E-state index is 13.0. The lowest BCUT2D eigenvalue weighted by molar-refractivity contribution is -0.257. The summed E-state index contributed by atoms with van der Waals surface area (Å²) in [6.07, 6.45) is 5.26. The minimum Gasteiger partial charge on any atom is -0.481 e. The number of ether oxygens (including phenoxy) is 3. The Bertz CT molecular complexity index is 1300. The quantitative estimate of drug-likeness (QED) is 0.217. The molecule has 45 heavy (non-hydrogen) atoms. The molecule has 0 saturated heterocycles. The van der Waals surface area contributed by atoms with Gasteiger partial charge in [0.15, 0.2) is 0 Å². The number of aliphatic hydroxyl groups excluding tert-OH is 1. The molecule has 0 spiro atoms. The molecular weight excluding hydrogens is 576 g/mol. The van der Waals surface area contributed by atoms with Crippen LogP contribution in [0, 0.1) is 50.2 Å². The van der Waals surface area contributed by atoms with Crippen molar-refractivity contribution in [2.75, 3.05) is 6.61 Å². The molecule has 2 N–H and O–H groups in total. The second-order valence-electron chi connectivity index (χ2n) is 16.8. The van der Waals surface area contributed by atoms with Crippen LogP contribution < -0.4 is 0 Å². The molecule has 0 aromatic carbocycles. The number of carboxylic acid groups (broad SMARTS) is 1. The fourth-order valence-electron chi connectivity index (χ4n) is 11.7. The van der Waals surface area contributed by atoms with E-state index in [-0.39, 0.29) is 29.3 Å². The summed E-state index contributed by atoms with van der Waals surface area (Å²) >= 11 is 0. The first kappa shape index (κ1) is 33.9. The summed E-state index contributed by atoms with van der Waals surface area (Å²) in [4.78, 5) is 50.0. The van der Waals surface area contributed by atoms with Gasteiger partial charge in [-0.2, -0.15) is 0 Å².